The van der Waals surface area contributed by atoms with Gasteiger partial charge in [-0.05, 0) is 12.1 Å². The van der Waals surface area contributed by atoms with Crippen molar-refractivity contribution in [3.8, 4) is 5.00 Å². The zero-order valence-electron chi connectivity index (χ0n) is 12.5. The molecule has 0 amide bonds. The van der Waals surface area contributed by atoms with Crippen LogP contribution in [0.5, 0.6) is 0 Å². The van der Waals surface area contributed by atoms with Crippen molar-refractivity contribution < 1.29 is 17.6 Å². The largest absolute Gasteiger partial charge is 0.417 e. The van der Waals surface area contributed by atoms with Crippen LogP contribution in [0.3, 0.4) is 0 Å². The van der Waals surface area contributed by atoms with E-state index in [-0.39, 0.29) is 17.4 Å². The molecule has 0 saturated carbocycles. The Morgan fingerprint density at radius 2 is 1.92 bits per heavy atom. The number of nitrogens with zero attached hydrogens (tertiary/aromatic N) is 2. The van der Waals surface area contributed by atoms with Gasteiger partial charge in [-0.1, -0.05) is 29.5 Å². The van der Waals surface area contributed by atoms with E-state index in [2.05, 4.69) is 10.3 Å². The Labute approximate surface area is 143 Å². The predicted molar refractivity (Wildman–Crippen MR) is 86.4 cm³/mol. The van der Waals surface area contributed by atoms with Crippen molar-refractivity contribution in [3.63, 3.8) is 0 Å². The van der Waals surface area contributed by atoms with E-state index in [1.54, 1.807) is 18.2 Å². The molecule has 0 fully saturated rings. The lowest BCUT2D eigenvalue weighted by atomic mass is 10.2. The SMILES string of the molecule is O=c1ccc(C(F)(F)F)cn1-c1cnc(NCc2ccccc2F)s1. The molecule has 3 rings (SSSR count). The van der Waals surface area contributed by atoms with E-state index < -0.39 is 17.3 Å². The third kappa shape index (κ3) is 3.87. The molecule has 0 aliphatic rings. The Kier molecular flexibility index (Phi) is 4.58. The molecule has 1 N–H and O–H groups in total. The van der Waals surface area contributed by atoms with Crippen LogP contribution in [-0.4, -0.2) is 9.55 Å². The first kappa shape index (κ1) is 17.2. The summed E-state index contributed by atoms with van der Waals surface area (Å²) >= 11 is 0.996. The maximum atomic E-state index is 13.6. The summed E-state index contributed by atoms with van der Waals surface area (Å²) in [6, 6.07) is 7.78. The summed E-state index contributed by atoms with van der Waals surface area (Å²) in [6.45, 7) is 0.164. The van der Waals surface area contributed by atoms with Gasteiger partial charge < -0.3 is 5.32 Å². The molecule has 0 radical (unpaired) electrons. The van der Waals surface area contributed by atoms with Crippen molar-refractivity contribution in [3.05, 3.63) is 76.1 Å². The standard InChI is InChI=1S/C16H11F4N3OS/c17-12-4-2-1-3-10(12)7-21-15-22-8-14(25-15)23-9-11(16(18,19)20)5-6-13(23)24/h1-6,8-9H,7H2,(H,21,22). The number of alkyl halides is 3. The predicted octanol–water partition coefficient (Wildman–Crippen LogP) is 4.06. The van der Waals surface area contributed by atoms with Crippen LogP contribution in [0.25, 0.3) is 5.00 Å². The van der Waals surface area contributed by atoms with E-state index in [1.165, 1.54) is 12.3 Å². The van der Waals surface area contributed by atoms with Gasteiger partial charge in [0.2, 0.25) is 0 Å². The highest BCUT2D eigenvalue weighted by atomic mass is 32.1. The van der Waals surface area contributed by atoms with Crippen molar-refractivity contribution in [2.24, 2.45) is 0 Å². The Morgan fingerprint density at radius 3 is 2.64 bits per heavy atom. The Balaban J connectivity index is 1.82. The summed E-state index contributed by atoms with van der Waals surface area (Å²) in [6.07, 6.45) is -2.53. The molecular formula is C16H11F4N3OS. The second kappa shape index (κ2) is 6.67. The lowest BCUT2D eigenvalue weighted by molar-refractivity contribution is -0.138. The van der Waals surface area contributed by atoms with Gasteiger partial charge in [0.05, 0.1) is 11.8 Å². The van der Waals surface area contributed by atoms with Crippen LogP contribution in [0, 0.1) is 5.82 Å². The normalized spacial score (nSPS) is 11.5. The maximum absolute atomic E-state index is 13.6. The number of thiazole rings is 1. The van der Waals surface area contributed by atoms with Crippen LogP contribution in [0.2, 0.25) is 0 Å². The van der Waals surface area contributed by atoms with Crippen molar-refractivity contribution >= 4 is 16.5 Å². The van der Waals surface area contributed by atoms with Gasteiger partial charge in [-0.25, -0.2) is 9.37 Å². The minimum absolute atomic E-state index is 0.164. The van der Waals surface area contributed by atoms with Gasteiger partial charge in [0.15, 0.2) is 5.13 Å². The first-order chi connectivity index (χ1) is 11.8. The molecule has 130 valence electrons. The Hall–Kier alpha value is -2.68. The fraction of sp³-hybridized carbons (Fsp3) is 0.125. The molecular weight excluding hydrogens is 358 g/mol. The van der Waals surface area contributed by atoms with E-state index in [1.807, 2.05) is 0 Å². The van der Waals surface area contributed by atoms with Gasteiger partial charge in [-0.3, -0.25) is 9.36 Å². The molecule has 25 heavy (non-hydrogen) atoms. The van der Waals surface area contributed by atoms with Crippen molar-refractivity contribution in [2.75, 3.05) is 5.32 Å². The van der Waals surface area contributed by atoms with Crippen LogP contribution in [-0.2, 0) is 12.7 Å². The van der Waals surface area contributed by atoms with Crippen LogP contribution in [0.1, 0.15) is 11.1 Å². The monoisotopic (exact) mass is 369 g/mol. The van der Waals surface area contributed by atoms with Crippen LogP contribution in [0.15, 0.2) is 53.6 Å². The number of aromatic nitrogens is 2. The molecule has 0 atom stereocenters. The molecule has 0 aliphatic carbocycles. The van der Waals surface area contributed by atoms with E-state index >= 15 is 0 Å². The average molecular weight is 369 g/mol. The third-order valence-corrected chi connectivity index (χ3v) is 4.31. The first-order valence-corrected chi connectivity index (χ1v) is 7.89. The molecule has 0 aliphatic heterocycles. The topological polar surface area (TPSA) is 46.9 Å². The molecule has 4 nitrogen and oxygen atoms in total. The first-order valence-electron chi connectivity index (χ1n) is 7.08. The van der Waals surface area contributed by atoms with Gasteiger partial charge in [0, 0.05) is 24.4 Å². The molecule has 2 aromatic heterocycles. The quantitative estimate of drug-likeness (QED) is 0.706. The van der Waals surface area contributed by atoms with Crippen LogP contribution in [0.4, 0.5) is 22.7 Å². The lowest BCUT2D eigenvalue weighted by Gasteiger charge is -2.08. The molecule has 3 aromatic rings. The highest BCUT2D eigenvalue weighted by Gasteiger charge is 2.31. The van der Waals surface area contributed by atoms with Crippen LogP contribution >= 0.6 is 11.3 Å². The minimum Gasteiger partial charge on any atom is -0.357 e. The fourth-order valence-corrected chi connectivity index (χ4v) is 2.89. The number of anilines is 1. The van der Waals surface area contributed by atoms with E-state index in [0.717, 1.165) is 34.2 Å². The second-order valence-corrected chi connectivity index (χ2v) is 6.08. The highest BCUT2D eigenvalue weighted by molar-refractivity contribution is 7.17. The average Bonchev–Trinajstić information content (AvgIpc) is 3.02. The summed E-state index contributed by atoms with van der Waals surface area (Å²) < 4.78 is 52.8. The highest BCUT2D eigenvalue weighted by Crippen LogP contribution is 2.29. The zero-order valence-corrected chi connectivity index (χ0v) is 13.4. The van der Waals surface area contributed by atoms with Crippen LogP contribution < -0.4 is 10.9 Å². The van der Waals surface area contributed by atoms with Crippen molar-refractivity contribution in [1.82, 2.24) is 9.55 Å². The summed E-state index contributed by atoms with van der Waals surface area (Å²) in [4.78, 5) is 15.9. The number of benzene rings is 1. The minimum atomic E-state index is -4.55. The molecule has 0 bridgehead atoms. The molecule has 0 spiro atoms. The molecule has 2 heterocycles. The number of halogens is 4. The summed E-state index contributed by atoms with van der Waals surface area (Å²) in [5.74, 6) is -0.374. The van der Waals surface area contributed by atoms with Gasteiger partial charge in [0.1, 0.15) is 10.8 Å². The Morgan fingerprint density at radius 1 is 1.16 bits per heavy atom. The van der Waals surface area contributed by atoms with Crippen molar-refractivity contribution in [1.29, 1.82) is 0 Å². The molecule has 1 aromatic carbocycles. The molecule has 9 heteroatoms. The maximum Gasteiger partial charge on any atom is 0.417 e. The molecule has 0 saturated heterocycles. The summed E-state index contributed by atoms with van der Waals surface area (Å²) in [7, 11) is 0. The zero-order chi connectivity index (χ0) is 18.0. The Bertz CT molecular complexity index is 949. The van der Waals surface area contributed by atoms with Crippen molar-refractivity contribution in [2.45, 2.75) is 12.7 Å². The lowest BCUT2D eigenvalue weighted by Crippen LogP contribution is -2.19. The van der Waals surface area contributed by atoms with Gasteiger partial charge >= 0.3 is 6.18 Å². The molecule has 0 unspecified atom stereocenters. The number of hydrogen-bond acceptors (Lipinski definition) is 4. The second-order valence-electron chi connectivity index (χ2n) is 5.07. The number of rotatable bonds is 4. The van der Waals surface area contributed by atoms with E-state index in [4.69, 9.17) is 0 Å². The third-order valence-electron chi connectivity index (χ3n) is 3.36. The summed E-state index contributed by atoms with van der Waals surface area (Å²) in [5.41, 5.74) is -1.10. The van der Waals surface area contributed by atoms with E-state index in [0.29, 0.717) is 10.7 Å². The number of nitrogens with one attached hydrogen (secondary N) is 1. The van der Waals surface area contributed by atoms with Gasteiger partial charge in [-0.2, -0.15) is 13.2 Å². The number of hydrogen-bond donors (Lipinski definition) is 1. The van der Waals surface area contributed by atoms with Gasteiger partial charge in [0.25, 0.3) is 5.56 Å². The summed E-state index contributed by atoms with van der Waals surface area (Å²) in [5, 5.41) is 3.48. The van der Waals surface area contributed by atoms with Gasteiger partial charge in [-0.15, -0.1) is 0 Å². The smallest absolute Gasteiger partial charge is 0.357 e. The fourth-order valence-electron chi connectivity index (χ4n) is 2.10. The van der Waals surface area contributed by atoms with E-state index in [9.17, 15) is 22.4 Å². The number of pyridine rings is 1.